The molecule has 0 saturated carbocycles. The van der Waals surface area contributed by atoms with Crippen LogP contribution in [0.15, 0.2) is 24.3 Å². The smallest absolute Gasteiger partial charge is 0.0609 e. The van der Waals surface area contributed by atoms with Crippen molar-refractivity contribution in [3.63, 3.8) is 0 Å². The summed E-state index contributed by atoms with van der Waals surface area (Å²) in [6.45, 7) is 0. The quantitative estimate of drug-likeness (QED) is 0.422. The van der Waals surface area contributed by atoms with Crippen LogP contribution in [-0.4, -0.2) is 26.6 Å². The van der Waals surface area contributed by atoms with Crippen LogP contribution in [0.3, 0.4) is 0 Å². The summed E-state index contributed by atoms with van der Waals surface area (Å²) in [5, 5.41) is 3.24. The Morgan fingerprint density at radius 2 is 1.44 bits per heavy atom. The first-order valence-electron chi connectivity index (χ1n) is 2.83. The van der Waals surface area contributed by atoms with Crippen LogP contribution in [0.1, 0.15) is 0 Å². The fourth-order valence-electron chi connectivity index (χ4n) is 0.867. The summed E-state index contributed by atoms with van der Waals surface area (Å²) < 4.78 is 0. The van der Waals surface area contributed by atoms with E-state index < -0.39 is 0 Å². The third kappa shape index (κ3) is 0.953. The zero-order valence-corrected chi connectivity index (χ0v) is 7.81. The van der Waals surface area contributed by atoms with Gasteiger partial charge in [-0.2, -0.15) is 0 Å². The minimum atomic E-state index is 1.12. The van der Waals surface area contributed by atoms with E-state index in [0.29, 0.717) is 0 Å². The van der Waals surface area contributed by atoms with Gasteiger partial charge in [-0.1, -0.05) is 34.6 Å². The number of hydrogen-bond donors (Lipinski definition) is 0. The van der Waals surface area contributed by atoms with E-state index in [2.05, 4.69) is 24.3 Å². The molecular formula is C6H4Si3. The Labute approximate surface area is 61.7 Å². The van der Waals surface area contributed by atoms with Gasteiger partial charge in [-0.05, 0) is 0 Å². The van der Waals surface area contributed by atoms with Crippen molar-refractivity contribution in [1.29, 1.82) is 0 Å². The number of fused-ring (bicyclic) bond motifs is 1. The molecule has 0 spiro atoms. The van der Waals surface area contributed by atoms with Crippen molar-refractivity contribution in [2.24, 2.45) is 0 Å². The highest BCUT2D eigenvalue weighted by atomic mass is 29.5. The second-order valence-electron chi connectivity index (χ2n) is 1.92. The molecule has 0 N–H and O–H groups in total. The van der Waals surface area contributed by atoms with Crippen LogP contribution >= 0.6 is 0 Å². The van der Waals surface area contributed by atoms with Crippen LogP contribution in [-0.2, 0) is 0 Å². The molecule has 1 aromatic carbocycles. The second kappa shape index (κ2) is 2.24. The highest BCUT2D eigenvalue weighted by molar-refractivity contribution is 7.40. The Balaban J connectivity index is 2.54. The lowest BCUT2D eigenvalue weighted by Gasteiger charge is -1.93. The van der Waals surface area contributed by atoms with Gasteiger partial charge < -0.3 is 0 Å². The van der Waals surface area contributed by atoms with Crippen LogP contribution in [0.5, 0.6) is 0 Å². The Bertz CT molecular complexity index is 198. The normalized spacial score (nSPS) is 15.6. The molecule has 0 aliphatic carbocycles. The lowest BCUT2D eigenvalue weighted by molar-refractivity contribution is 1.83. The molecule has 1 aliphatic heterocycles. The largest absolute Gasteiger partial charge is 0.0696 e. The van der Waals surface area contributed by atoms with Gasteiger partial charge in [-0.15, -0.1) is 0 Å². The molecular weight excluding hydrogens is 156 g/mol. The number of benzene rings is 1. The van der Waals surface area contributed by atoms with Gasteiger partial charge >= 0.3 is 0 Å². The standard InChI is InChI=1S/C6H4Si3/c1-2-4-6-5(3-1)7-9-8-6/h1-4H. The third-order valence-corrected chi connectivity index (χ3v) is 7.85. The van der Waals surface area contributed by atoms with E-state index in [-0.39, 0.29) is 0 Å². The van der Waals surface area contributed by atoms with Gasteiger partial charge in [0.05, 0.1) is 18.1 Å². The number of rotatable bonds is 0. The van der Waals surface area contributed by atoms with E-state index in [1.54, 1.807) is 10.4 Å². The van der Waals surface area contributed by atoms with Crippen molar-refractivity contribution >= 4 is 37.0 Å². The zero-order chi connectivity index (χ0) is 6.10. The maximum Gasteiger partial charge on any atom is 0.0609 e. The van der Waals surface area contributed by atoms with Crippen LogP contribution in [0.4, 0.5) is 0 Å². The molecule has 0 aromatic heterocycles. The van der Waals surface area contributed by atoms with Crippen molar-refractivity contribution in [1.82, 2.24) is 0 Å². The average molecular weight is 160 g/mol. The fourth-order valence-corrected chi connectivity index (χ4v) is 8.41. The fraction of sp³-hybridized carbons (Fsp3) is 0. The molecule has 3 heteroatoms. The molecule has 1 aliphatic rings. The first-order valence-corrected chi connectivity index (χ1v) is 7.83. The molecule has 0 amide bonds. The van der Waals surface area contributed by atoms with Gasteiger partial charge in [-0.3, -0.25) is 0 Å². The molecule has 1 aromatic rings. The Morgan fingerprint density at radius 3 is 2.00 bits per heavy atom. The molecule has 0 saturated heterocycles. The summed E-state index contributed by atoms with van der Waals surface area (Å²) in [4.78, 5) is 0. The van der Waals surface area contributed by atoms with Crippen LogP contribution in [0.25, 0.3) is 0 Å². The monoisotopic (exact) mass is 160 g/mol. The highest BCUT2D eigenvalue weighted by Crippen LogP contribution is 1.82. The molecule has 0 nitrogen and oxygen atoms in total. The first kappa shape index (κ1) is 5.64. The van der Waals surface area contributed by atoms with Crippen LogP contribution in [0.2, 0.25) is 0 Å². The molecule has 9 heavy (non-hydrogen) atoms. The molecule has 0 fully saturated rings. The SMILES string of the molecule is c1ccc2c(c1)[Si][Si][Si]2. The lowest BCUT2D eigenvalue weighted by atomic mass is 10.4. The van der Waals surface area contributed by atoms with E-state index >= 15 is 0 Å². The summed E-state index contributed by atoms with van der Waals surface area (Å²) in [6.07, 6.45) is 0. The molecule has 0 bridgehead atoms. The van der Waals surface area contributed by atoms with E-state index in [1.165, 1.54) is 8.55 Å². The van der Waals surface area contributed by atoms with Crippen molar-refractivity contribution in [3.8, 4) is 0 Å². The van der Waals surface area contributed by atoms with Crippen LogP contribution < -0.4 is 10.4 Å². The van der Waals surface area contributed by atoms with E-state index in [0.717, 1.165) is 18.1 Å². The molecule has 6 radical (unpaired) electrons. The summed E-state index contributed by atoms with van der Waals surface area (Å²) in [7, 11) is 3.44. The molecule has 1 heterocycles. The zero-order valence-electron chi connectivity index (χ0n) is 4.81. The lowest BCUT2D eigenvalue weighted by Crippen LogP contribution is -2.24. The topological polar surface area (TPSA) is 0 Å². The summed E-state index contributed by atoms with van der Waals surface area (Å²) in [6, 6.07) is 8.82. The third-order valence-electron chi connectivity index (χ3n) is 1.32. The van der Waals surface area contributed by atoms with Gasteiger partial charge in [0.1, 0.15) is 0 Å². The maximum absolute atomic E-state index is 2.26. The van der Waals surface area contributed by atoms with Gasteiger partial charge in [0, 0.05) is 8.55 Å². The predicted molar refractivity (Wildman–Crippen MR) is 43.0 cm³/mol. The number of hydrogen-bond acceptors (Lipinski definition) is 0. The van der Waals surface area contributed by atoms with Gasteiger partial charge in [-0.25, -0.2) is 0 Å². The van der Waals surface area contributed by atoms with Gasteiger partial charge in [0.15, 0.2) is 0 Å². The minimum absolute atomic E-state index is 1.12. The average Bonchev–Trinajstić information content (AvgIpc) is 2.33. The van der Waals surface area contributed by atoms with E-state index in [9.17, 15) is 0 Å². The Hall–Kier alpha value is -0.129. The van der Waals surface area contributed by atoms with Crippen molar-refractivity contribution in [3.05, 3.63) is 24.3 Å². The van der Waals surface area contributed by atoms with Gasteiger partial charge in [0.2, 0.25) is 0 Å². The predicted octanol–water partition coefficient (Wildman–Crippen LogP) is -1.11. The maximum atomic E-state index is 2.26. The molecule has 0 unspecified atom stereocenters. The highest BCUT2D eigenvalue weighted by Gasteiger charge is 2.09. The van der Waals surface area contributed by atoms with Crippen molar-refractivity contribution in [2.45, 2.75) is 0 Å². The first-order chi connectivity index (χ1) is 4.47. The van der Waals surface area contributed by atoms with Crippen molar-refractivity contribution in [2.75, 3.05) is 0 Å². The second-order valence-corrected chi connectivity index (χ2v) is 8.25. The molecule has 2 rings (SSSR count). The van der Waals surface area contributed by atoms with Gasteiger partial charge in [0.25, 0.3) is 0 Å². The Kier molecular flexibility index (Phi) is 1.41. The minimum Gasteiger partial charge on any atom is -0.0696 e. The van der Waals surface area contributed by atoms with Crippen molar-refractivity contribution < 1.29 is 0 Å². The summed E-state index contributed by atoms with van der Waals surface area (Å²) >= 11 is 0. The van der Waals surface area contributed by atoms with E-state index in [1.807, 2.05) is 0 Å². The summed E-state index contributed by atoms with van der Waals surface area (Å²) in [5.41, 5.74) is 0. The summed E-state index contributed by atoms with van der Waals surface area (Å²) in [5.74, 6) is 0. The van der Waals surface area contributed by atoms with Crippen LogP contribution in [0, 0.1) is 0 Å². The molecule has 40 valence electrons. The molecule has 0 atom stereocenters. The Morgan fingerprint density at radius 1 is 0.889 bits per heavy atom. The van der Waals surface area contributed by atoms with E-state index in [4.69, 9.17) is 0 Å².